The highest BCUT2D eigenvalue weighted by Gasteiger charge is 1.95. The fourth-order valence-electron chi connectivity index (χ4n) is 0. The maximum atomic E-state index is 2.19. The van der Waals surface area contributed by atoms with E-state index in [4.69, 9.17) is 0 Å². The summed E-state index contributed by atoms with van der Waals surface area (Å²) in [6.45, 7) is 12.8. The van der Waals surface area contributed by atoms with Gasteiger partial charge in [-0.25, -0.2) is 0 Å². The molecule has 0 radical (unpaired) electrons. The Balaban J connectivity index is -0.00000000972. The van der Waals surface area contributed by atoms with E-state index >= 15 is 0 Å². The van der Waals surface area contributed by atoms with Crippen molar-refractivity contribution in [2.75, 3.05) is 0 Å². The zero-order valence-electron chi connectivity index (χ0n) is 6.50. The summed E-state index contributed by atoms with van der Waals surface area (Å²) in [5.74, 6) is 0. The monoisotopic (exact) mass is 166 g/mol. The molecule has 78 valence electrons. The van der Waals surface area contributed by atoms with E-state index in [-0.39, 0.29) is 29.7 Å². The summed E-state index contributed by atoms with van der Waals surface area (Å²) in [5, 5.41) is 0. The first-order valence-electron chi connectivity index (χ1n) is 3.00. The minimum Gasteiger partial charge on any atom is -0.0776 e. The molecule has 0 atom stereocenters. The van der Waals surface area contributed by atoms with Crippen LogP contribution in [0.25, 0.3) is 0 Å². The molecule has 0 aromatic carbocycles. The molecule has 0 spiro atoms. The van der Waals surface area contributed by atoms with Gasteiger partial charge in [0.05, 0.1) is 0 Å². The van der Waals surface area contributed by atoms with Crippen LogP contribution in [0.4, 0.5) is 0 Å². The fourth-order valence-corrected chi connectivity index (χ4v) is 0. The van der Waals surface area contributed by atoms with Crippen molar-refractivity contribution in [2.24, 2.45) is 5.41 Å². The lowest BCUT2D eigenvalue weighted by molar-refractivity contribution is 0.469. The Morgan fingerprint density at radius 2 is 0.545 bits per heavy atom. The second-order valence-corrected chi connectivity index (χ2v) is 3.00. The Kier molecular flexibility index (Phi) is 90.0. The van der Waals surface area contributed by atoms with E-state index in [9.17, 15) is 0 Å². The maximum Gasteiger partial charge on any atom is -0.0411 e. The van der Waals surface area contributed by atoms with Crippen molar-refractivity contribution >= 4 is 0 Å². The third kappa shape index (κ3) is 0. The van der Waals surface area contributed by atoms with Crippen LogP contribution in [0.15, 0.2) is 0 Å². The summed E-state index contributed by atoms with van der Waals surface area (Å²) in [6, 6.07) is 0. The van der Waals surface area contributed by atoms with E-state index in [1.54, 1.807) is 0 Å². The van der Waals surface area contributed by atoms with Gasteiger partial charge in [0.2, 0.25) is 0 Å². The lowest BCUT2D eigenvalue weighted by Crippen LogP contribution is -1.93. The van der Waals surface area contributed by atoms with E-state index < -0.39 is 0 Å². The zero-order valence-corrected chi connectivity index (χ0v) is 6.50. The molecule has 0 aromatic rings. The number of rotatable bonds is 0. The summed E-state index contributed by atoms with van der Waals surface area (Å²) in [5.41, 5.74) is 0.500. The van der Waals surface area contributed by atoms with Crippen LogP contribution in [0.2, 0.25) is 0 Å². The smallest absolute Gasteiger partial charge is 0.0411 e. The molecule has 0 aliphatic carbocycles. The predicted molar refractivity (Wildman–Crippen MR) is 63.4 cm³/mol. The molecular formula is C11H34. The van der Waals surface area contributed by atoms with Gasteiger partial charge in [-0.05, 0) is 5.41 Å². The highest BCUT2D eigenvalue weighted by molar-refractivity contribution is 4.47. The first kappa shape index (κ1) is 44.0. The molecular weight excluding hydrogens is 132 g/mol. The topological polar surface area (TPSA) is 0 Å². The molecule has 0 aliphatic rings. The van der Waals surface area contributed by atoms with Crippen molar-refractivity contribution < 1.29 is 0 Å². The highest BCUT2D eigenvalue weighted by atomic mass is 14.0. The zero-order chi connectivity index (χ0) is 6.50. The van der Waals surface area contributed by atoms with Gasteiger partial charge in [-0.2, -0.15) is 0 Å². The Bertz CT molecular complexity index is 15.5. The maximum absolute atomic E-state index is 2.19. The van der Waals surface area contributed by atoms with Gasteiger partial charge in [0.1, 0.15) is 0 Å². The quantitative estimate of drug-likeness (QED) is 0.438. The van der Waals surface area contributed by atoms with Crippen LogP contribution in [0, 0.1) is 5.41 Å². The molecule has 0 heterocycles. The SMILES string of the molecule is C.C.C.C.CC.CC(C)(C)C. The van der Waals surface area contributed by atoms with Gasteiger partial charge >= 0.3 is 0 Å². The fraction of sp³-hybridized carbons (Fsp3) is 1.00. The molecule has 0 rings (SSSR count). The molecule has 11 heavy (non-hydrogen) atoms. The van der Waals surface area contributed by atoms with Gasteiger partial charge in [0.25, 0.3) is 0 Å². The van der Waals surface area contributed by atoms with Crippen molar-refractivity contribution in [1.29, 1.82) is 0 Å². The molecule has 0 saturated heterocycles. The third-order valence-electron chi connectivity index (χ3n) is 0. The average Bonchev–Trinajstić information content (AvgIpc) is 1.36. The van der Waals surface area contributed by atoms with Crippen LogP contribution >= 0.6 is 0 Å². The molecule has 0 amide bonds. The summed E-state index contributed by atoms with van der Waals surface area (Å²) in [6.07, 6.45) is 0. The molecule has 0 unspecified atom stereocenters. The van der Waals surface area contributed by atoms with E-state index in [0.29, 0.717) is 5.41 Å². The first-order valence-corrected chi connectivity index (χ1v) is 3.00. The lowest BCUT2D eigenvalue weighted by Gasteiger charge is -2.05. The van der Waals surface area contributed by atoms with Crippen LogP contribution in [0.5, 0.6) is 0 Å². The van der Waals surface area contributed by atoms with E-state index in [1.807, 2.05) is 13.8 Å². The Morgan fingerprint density at radius 1 is 0.545 bits per heavy atom. The minimum atomic E-state index is 0. The van der Waals surface area contributed by atoms with E-state index in [2.05, 4.69) is 27.7 Å². The molecule has 0 nitrogen and oxygen atoms in total. The highest BCUT2D eigenvalue weighted by Crippen LogP contribution is 2.07. The van der Waals surface area contributed by atoms with Gasteiger partial charge in [-0.1, -0.05) is 71.2 Å². The van der Waals surface area contributed by atoms with E-state index in [1.165, 1.54) is 0 Å². The summed E-state index contributed by atoms with van der Waals surface area (Å²) < 4.78 is 0. The van der Waals surface area contributed by atoms with Gasteiger partial charge in [-0.15, -0.1) is 0 Å². The number of hydrogen-bond donors (Lipinski definition) is 0. The van der Waals surface area contributed by atoms with Crippen LogP contribution in [-0.2, 0) is 0 Å². The Morgan fingerprint density at radius 3 is 0.545 bits per heavy atom. The van der Waals surface area contributed by atoms with Crippen molar-refractivity contribution in [1.82, 2.24) is 0 Å². The first-order chi connectivity index (χ1) is 3.00. The average molecular weight is 166 g/mol. The van der Waals surface area contributed by atoms with Gasteiger partial charge < -0.3 is 0 Å². The van der Waals surface area contributed by atoms with Crippen LogP contribution in [0.1, 0.15) is 71.2 Å². The molecule has 0 fully saturated rings. The molecule has 0 bridgehead atoms. The molecule has 0 aliphatic heterocycles. The Labute approximate surface area is 77.4 Å². The standard InChI is InChI=1S/C5H12.C2H6.4CH4/c1-5(2,3)4;1-2;;;;/h1-4H3;1-2H3;4*1H4. The lowest BCUT2D eigenvalue weighted by atomic mass is 10.0. The summed E-state index contributed by atoms with van der Waals surface area (Å²) >= 11 is 0. The van der Waals surface area contributed by atoms with Crippen molar-refractivity contribution in [2.45, 2.75) is 71.2 Å². The second kappa shape index (κ2) is 22.5. The van der Waals surface area contributed by atoms with Crippen LogP contribution < -0.4 is 0 Å². The third-order valence-corrected chi connectivity index (χ3v) is 0. The Hall–Kier alpha value is 0. The summed E-state index contributed by atoms with van der Waals surface area (Å²) in [7, 11) is 0. The van der Waals surface area contributed by atoms with Crippen molar-refractivity contribution in [3.63, 3.8) is 0 Å². The predicted octanol–water partition coefficient (Wildman–Crippen LogP) is 5.62. The van der Waals surface area contributed by atoms with Gasteiger partial charge in [0.15, 0.2) is 0 Å². The molecule has 0 saturated carbocycles. The van der Waals surface area contributed by atoms with Crippen molar-refractivity contribution in [3.05, 3.63) is 0 Å². The van der Waals surface area contributed by atoms with Crippen molar-refractivity contribution in [3.8, 4) is 0 Å². The van der Waals surface area contributed by atoms with Crippen LogP contribution in [0.3, 0.4) is 0 Å². The molecule has 0 N–H and O–H groups in total. The summed E-state index contributed by atoms with van der Waals surface area (Å²) in [4.78, 5) is 0. The number of hydrogen-bond acceptors (Lipinski definition) is 0. The van der Waals surface area contributed by atoms with Crippen LogP contribution in [-0.4, -0.2) is 0 Å². The normalized spacial score (nSPS) is 6.00. The molecule has 0 aromatic heterocycles. The van der Waals surface area contributed by atoms with Gasteiger partial charge in [0, 0.05) is 0 Å². The molecule has 0 heteroatoms. The largest absolute Gasteiger partial charge is 0.0776 e. The van der Waals surface area contributed by atoms with Gasteiger partial charge in [-0.3, -0.25) is 0 Å². The van der Waals surface area contributed by atoms with E-state index in [0.717, 1.165) is 0 Å². The minimum absolute atomic E-state index is 0. The second-order valence-electron chi connectivity index (χ2n) is 3.00.